The second-order valence-corrected chi connectivity index (χ2v) is 4.93. The highest BCUT2D eigenvalue weighted by Crippen LogP contribution is 2.40. The lowest BCUT2D eigenvalue weighted by Crippen LogP contribution is -2.07. The fourth-order valence-corrected chi connectivity index (χ4v) is 2.54. The number of halogens is 1. The Morgan fingerprint density at radius 3 is 3.00 bits per heavy atom. The molecule has 0 atom stereocenters. The van der Waals surface area contributed by atoms with Gasteiger partial charge in [-0.1, -0.05) is 0 Å². The molecule has 5 heteroatoms. The van der Waals surface area contributed by atoms with Gasteiger partial charge in [0.2, 0.25) is 0 Å². The molecule has 2 rings (SSSR count). The summed E-state index contributed by atoms with van der Waals surface area (Å²) in [5.74, 6) is 1.74. The second kappa shape index (κ2) is 5.01. The number of thioether (sulfide) groups is 1. The normalized spacial score (nSPS) is 14.5. The predicted molar refractivity (Wildman–Crippen MR) is 70.5 cm³/mol. The van der Waals surface area contributed by atoms with Crippen LogP contribution in [0.4, 0.5) is 0 Å². The van der Waals surface area contributed by atoms with E-state index in [1.165, 1.54) is 0 Å². The zero-order valence-electron chi connectivity index (χ0n) is 8.79. The molecule has 0 aromatic heterocycles. The number of nitrogens with one attached hydrogen (secondary N) is 1. The minimum absolute atomic E-state index is 0.215. The van der Waals surface area contributed by atoms with Crippen molar-refractivity contribution in [2.24, 2.45) is 0 Å². The van der Waals surface area contributed by atoms with E-state index in [2.05, 4.69) is 21.2 Å². The molecule has 1 heterocycles. The molecule has 0 fully saturated rings. The van der Waals surface area contributed by atoms with Crippen molar-refractivity contribution in [3.05, 3.63) is 27.6 Å². The fraction of sp³-hybridized carbons (Fsp3) is 0.273. The lowest BCUT2D eigenvalue weighted by molar-refractivity contribution is 0.336. The van der Waals surface area contributed by atoms with E-state index < -0.39 is 0 Å². The average Bonchev–Trinajstić information content (AvgIpc) is 2.77. The third kappa shape index (κ3) is 2.15. The summed E-state index contributed by atoms with van der Waals surface area (Å²) in [5, 5.41) is 15.2. The molecule has 2 N–H and O–H groups in total. The Hall–Kier alpha value is -0.810. The maximum Gasteiger partial charge on any atom is 0.142 e. The molecule has 0 saturated heterocycles. The van der Waals surface area contributed by atoms with Crippen LogP contribution < -0.4 is 10.1 Å². The van der Waals surface area contributed by atoms with Crippen molar-refractivity contribution >= 4 is 33.4 Å². The highest BCUT2D eigenvalue weighted by atomic mass is 79.9. The van der Waals surface area contributed by atoms with Crippen LogP contribution in [0.1, 0.15) is 12.5 Å². The van der Waals surface area contributed by atoms with E-state index >= 15 is 0 Å². The van der Waals surface area contributed by atoms with E-state index in [0.717, 1.165) is 17.1 Å². The van der Waals surface area contributed by atoms with Gasteiger partial charge in [-0.3, -0.25) is 0 Å². The monoisotopic (exact) mass is 301 g/mol. The van der Waals surface area contributed by atoms with Crippen LogP contribution in [0.2, 0.25) is 0 Å². The van der Waals surface area contributed by atoms with E-state index in [-0.39, 0.29) is 5.75 Å². The van der Waals surface area contributed by atoms with Crippen LogP contribution in [0, 0.1) is 0 Å². The van der Waals surface area contributed by atoms with Gasteiger partial charge in [0.15, 0.2) is 0 Å². The third-order valence-electron chi connectivity index (χ3n) is 2.21. The fourth-order valence-electron chi connectivity index (χ4n) is 1.52. The Balaban J connectivity index is 2.49. The van der Waals surface area contributed by atoms with Crippen LogP contribution in [-0.4, -0.2) is 17.6 Å². The Morgan fingerprint density at radius 2 is 2.38 bits per heavy atom. The molecule has 3 nitrogen and oxygen atoms in total. The maximum absolute atomic E-state index is 10.0. The molecule has 1 aromatic rings. The van der Waals surface area contributed by atoms with Crippen LogP contribution in [-0.2, 0) is 0 Å². The molecule has 16 heavy (non-hydrogen) atoms. The molecule has 0 bridgehead atoms. The van der Waals surface area contributed by atoms with Gasteiger partial charge in [0.25, 0.3) is 0 Å². The van der Waals surface area contributed by atoms with Gasteiger partial charge in [0.1, 0.15) is 11.5 Å². The van der Waals surface area contributed by atoms with Gasteiger partial charge in [-0.25, -0.2) is 0 Å². The summed E-state index contributed by atoms with van der Waals surface area (Å²) in [6.07, 6.45) is 0. The third-order valence-corrected chi connectivity index (χ3v) is 3.56. The predicted octanol–water partition coefficient (Wildman–Crippen LogP) is 3.15. The molecule has 1 aromatic carbocycles. The summed E-state index contributed by atoms with van der Waals surface area (Å²) in [5.41, 5.74) is 1.63. The zero-order valence-corrected chi connectivity index (χ0v) is 11.2. The first-order chi connectivity index (χ1) is 7.74. The van der Waals surface area contributed by atoms with Crippen LogP contribution in [0.3, 0.4) is 0 Å². The first-order valence-electron chi connectivity index (χ1n) is 4.94. The number of hydrogen-bond acceptors (Lipinski definition) is 4. The van der Waals surface area contributed by atoms with Crippen molar-refractivity contribution in [1.82, 2.24) is 5.32 Å². The summed E-state index contributed by atoms with van der Waals surface area (Å²) >= 11 is 4.97. The smallest absolute Gasteiger partial charge is 0.142 e. The molecular formula is C11H12BrNO2S. The Labute approximate surface area is 107 Å². The number of aromatic hydroxyl groups is 1. The first kappa shape index (κ1) is 11.7. The van der Waals surface area contributed by atoms with Gasteiger partial charge >= 0.3 is 0 Å². The largest absolute Gasteiger partial charge is 0.506 e. The van der Waals surface area contributed by atoms with Gasteiger partial charge in [0.05, 0.1) is 28.2 Å². The summed E-state index contributed by atoms with van der Waals surface area (Å²) < 4.78 is 6.19. The quantitative estimate of drug-likeness (QED) is 0.900. The number of phenols is 1. The van der Waals surface area contributed by atoms with E-state index in [0.29, 0.717) is 16.8 Å². The zero-order chi connectivity index (χ0) is 11.5. The average molecular weight is 302 g/mol. The number of phenolic OH excluding ortho intramolecular Hbond substituents is 1. The molecule has 0 aliphatic carbocycles. The lowest BCUT2D eigenvalue weighted by Gasteiger charge is -2.14. The van der Waals surface area contributed by atoms with Crippen molar-refractivity contribution < 1.29 is 9.84 Å². The van der Waals surface area contributed by atoms with Crippen LogP contribution in [0.5, 0.6) is 11.5 Å². The molecule has 0 unspecified atom stereocenters. The highest BCUT2D eigenvalue weighted by molar-refractivity contribution is 9.10. The van der Waals surface area contributed by atoms with Crippen LogP contribution in [0.15, 0.2) is 22.0 Å². The van der Waals surface area contributed by atoms with Gasteiger partial charge < -0.3 is 15.2 Å². The second-order valence-electron chi connectivity index (χ2n) is 3.22. The molecule has 0 saturated carbocycles. The van der Waals surface area contributed by atoms with E-state index in [9.17, 15) is 5.11 Å². The number of ether oxygens (including phenoxy) is 1. The molecule has 0 amide bonds. The lowest BCUT2D eigenvalue weighted by atomic mass is 10.1. The molecule has 0 spiro atoms. The Morgan fingerprint density at radius 1 is 1.56 bits per heavy atom. The molecule has 86 valence electrons. The first-order valence-corrected chi connectivity index (χ1v) is 6.78. The minimum atomic E-state index is 0.215. The van der Waals surface area contributed by atoms with Crippen molar-refractivity contribution in [2.75, 3.05) is 12.5 Å². The summed E-state index contributed by atoms with van der Waals surface area (Å²) in [6, 6.07) is 3.64. The van der Waals surface area contributed by atoms with Crippen molar-refractivity contribution in [3.63, 3.8) is 0 Å². The molecule has 1 aliphatic rings. The van der Waals surface area contributed by atoms with Crippen molar-refractivity contribution in [1.29, 1.82) is 0 Å². The van der Waals surface area contributed by atoms with Crippen molar-refractivity contribution in [3.8, 4) is 11.5 Å². The van der Waals surface area contributed by atoms with E-state index in [1.54, 1.807) is 17.8 Å². The molecule has 0 radical (unpaired) electrons. The summed E-state index contributed by atoms with van der Waals surface area (Å²) in [4.78, 5) is 0. The number of rotatable bonds is 3. The van der Waals surface area contributed by atoms with Gasteiger partial charge in [0, 0.05) is 0 Å². The van der Waals surface area contributed by atoms with Gasteiger partial charge in [-0.05, 0) is 40.4 Å². The summed E-state index contributed by atoms with van der Waals surface area (Å²) in [6.45, 7) is 2.50. The Kier molecular flexibility index (Phi) is 3.66. The van der Waals surface area contributed by atoms with Crippen LogP contribution >= 0.6 is 27.7 Å². The maximum atomic E-state index is 10.0. The van der Waals surface area contributed by atoms with E-state index in [1.807, 2.05) is 18.4 Å². The highest BCUT2D eigenvalue weighted by Gasteiger charge is 2.18. The van der Waals surface area contributed by atoms with Gasteiger partial charge in [-0.15, -0.1) is 11.8 Å². The molecular weight excluding hydrogens is 290 g/mol. The number of hydrogen-bond donors (Lipinski definition) is 2. The van der Waals surface area contributed by atoms with E-state index in [4.69, 9.17) is 4.74 Å². The standard InChI is InChI=1S/C11H12BrNO2S/c1-2-15-9-4-3-7(12)11(14)10(9)8-5-16-6-13-8/h3-5,13-14H,2,6H2,1H3. The number of benzene rings is 1. The SMILES string of the molecule is CCOc1ccc(Br)c(O)c1C1=CSCN1. The minimum Gasteiger partial charge on any atom is -0.506 e. The van der Waals surface area contributed by atoms with Crippen molar-refractivity contribution in [2.45, 2.75) is 6.92 Å². The topological polar surface area (TPSA) is 41.5 Å². The van der Waals surface area contributed by atoms with Gasteiger partial charge in [-0.2, -0.15) is 0 Å². The van der Waals surface area contributed by atoms with Crippen LogP contribution in [0.25, 0.3) is 5.70 Å². The summed E-state index contributed by atoms with van der Waals surface area (Å²) in [7, 11) is 0. The Bertz CT molecular complexity index is 434. The molecule has 1 aliphatic heterocycles.